The fraction of sp³-hybridized carbons (Fsp3) is 0.462. The van der Waals surface area contributed by atoms with Gasteiger partial charge in [-0.1, -0.05) is 75.6 Å². The van der Waals surface area contributed by atoms with Crippen LogP contribution in [0.3, 0.4) is 0 Å². The van der Waals surface area contributed by atoms with E-state index < -0.39 is 12.4 Å². The van der Waals surface area contributed by atoms with Gasteiger partial charge in [-0.15, -0.1) is 0 Å². The monoisotopic (exact) mass is 626 g/mol. The zero-order valence-corrected chi connectivity index (χ0v) is 27.0. The Kier molecular flexibility index (Phi) is 10.5. The van der Waals surface area contributed by atoms with E-state index in [2.05, 4.69) is 35.9 Å². The molecule has 0 radical (unpaired) electrons. The standard InChI is InChI=1S/C39H47FN2O4/c1-26(2)37-36(39(44)41-30-14-8-4-9-15-30)35(27-12-6-3-7-13-27)38(28-18-20-29(40)21-19-28)42(37)23-22-33-24-31(43)25-34(46-33)45-32-16-10-5-11-17-32/h3-4,6-9,12,14-15,18-21,26-27,31-34,43H,5,10-11,13,16-17,22-25H2,1-2H3,(H,41,44)/t27?,31-,33-,34?/m1/s1. The minimum absolute atomic E-state index is 0.0211. The third kappa shape index (κ3) is 7.54. The van der Waals surface area contributed by atoms with Crippen molar-refractivity contribution in [1.29, 1.82) is 0 Å². The van der Waals surface area contributed by atoms with Crippen molar-refractivity contribution in [3.8, 4) is 11.3 Å². The first kappa shape index (κ1) is 32.4. The molecule has 4 atom stereocenters. The number of rotatable bonds is 10. The number of hydrogen-bond acceptors (Lipinski definition) is 4. The number of carbonyl (C=O) groups is 1. The smallest absolute Gasteiger partial charge is 0.257 e. The lowest BCUT2D eigenvalue weighted by Gasteiger charge is -2.36. The van der Waals surface area contributed by atoms with Crippen molar-refractivity contribution < 1.29 is 23.8 Å². The van der Waals surface area contributed by atoms with Crippen LogP contribution in [0.25, 0.3) is 11.3 Å². The molecule has 3 aliphatic rings. The number of aromatic nitrogens is 1. The van der Waals surface area contributed by atoms with Gasteiger partial charge in [0, 0.05) is 30.3 Å². The Morgan fingerprint density at radius 3 is 2.50 bits per heavy atom. The normalized spacial score (nSPS) is 23.6. The largest absolute Gasteiger partial charge is 0.393 e. The number of hydrogen-bond donors (Lipinski definition) is 2. The van der Waals surface area contributed by atoms with Crippen molar-refractivity contribution >= 4 is 11.6 Å². The molecule has 1 saturated heterocycles. The molecule has 1 amide bonds. The lowest BCUT2D eigenvalue weighted by molar-refractivity contribution is -0.237. The number of amides is 1. The molecule has 3 aromatic rings. The average Bonchev–Trinajstić information content (AvgIpc) is 3.41. The molecule has 46 heavy (non-hydrogen) atoms. The summed E-state index contributed by atoms with van der Waals surface area (Å²) in [6.45, 7) is 4.81. The molecule has 2 aliphatic carbocycles. The van der Waals surface area contributed by atoms with Crippen molar-refractivity contribution in [2.24, 2.45) is 0 Å². The number of nitrogens with one attached hydrogen (secondary N) is 1. The summed E-state index contributed by atoms with van der Waals surface area (Å²) in [5.74, 6) is -0.460. The molecule has 2 heterocycles. The van der Waals surface area contributed by atoms with E-state index in [4.69, 9.17) is 9.47 Å². The van der Waals surface area contributed by atoms with Gasteiger partial charge in [-0.3, -0.25) is 4.79 Å². The molecular formula is C39H47FN2O4. The summed E-state index contributed by atoms with van der Waals surface area (Å²) in [7, 11) is 0. The average molecular weight is 627 g/mol. The molecule has 244 valence electrons. The fourth-order valence-electron chi connectivity index (χ4n) is 7.43. The van der Waals surface area contributed by atoms with Gasteiger partial charge in [0.05, 0.1) is 29.6 Å². The summed E-state index contributed by atoms with van der Waals surface area (Å²) in [4.78, 5) is 14.3. The van der Waals surface area contributed by atoms with Gasteiger partial charge >= 0.3 is 0 Å². The van der Waals surface area contributed by atoms with Gasteiger partial charge in [-0.25, -0.2) is 4.39 Å². The van der Waals surface area contributed by atoms with Crippen LogP contribution in [-0.4, -0.2) is 40.2 Å². The molecule has 2 aromatic carbocycles. The number of ether oxygens (including phenoxy) is 2. The molecule has 6 nitrogen and oxygen atoms in total. The van der Waals surface area contributed by atoms with Crippen LogP contribution in [0.4, 0.5) is 10.1 Å². The lowest BCUT2D eigenvalue weighted by atomic mass is 9.86. The predicted molar refractivity (Wildman–Crippen MR) is 180 cm³/mol. The minimum atomic E-state index is -0.486. The summed E-state index contributed by atoms with van der Waals surface area (Å²) in [5, 5.41) is 14.0. The van der Waals surface area contributed by atoms with Crippen LogP contribution in [0.5, 0.6) is 0 Å². The quantitative estimate of drug-likeness (QED) is 0.236. The molecule has 2 unspecified atom stereocenters. The Balaban J connectivity index is 1.39. The zero-order chi connectivity index (χ0) is 32.0. The van der Waals surface area contributed by atoms with Crippen LogP contribution >= 0.6 is 0 Å². The molecule has 7 heteroatoms. The predicted octanol–water partition coefficient (Wildman–Crippen LogP) is 8.88. The highest BCUT2D eigenvalue weighted by atomic mass is 19.1. The van der Waals surface area contributed by atoms with E-state index in [9.17, 15) is 14.3 Å². The summed E-state index contributed by atoms with van der Waals surface area (Å²) in [6, 6.07) is 16.1. The number of aliphatic hydroxyl groups is 1. The van der Waals surface area contributed by atoms with Crippen LogP contribution in [0.1, 0.15) is 105 Å². The van der Waals surface area contributed by atoms with Gasteiger partial charge in [0.1, 0.15) is 5.82 Å². The van der Waals surface area contributed by atoms with E-state index in [-0.39, 0.29) is 35.8 Å². The first-order chi connectivity index (χ1) is 22.4. The maximum atomic E-state index is 14.3. The van der Waals surface area contributed by atoms with Gasteiger partial charge in [0.2, 0.25) is 0 Å². The molecule has 6 rings (SSSR count). The molecule has 2 N–H and O–H groups in total. The van der Waals surface area contributed by atoms with E-state index in [1.165, 1.54) is 31.4 Å². The fourth-order valence-corrected chi connectivity index (χ4v) is 7.43. The zero-order valence-electron chi connectivity index (χ0n) is 27.0. The molecule has 1 saturated carbocycles. The van der Waals surface area contributed by atoms with Crippen LogP contribution < -0.4 is 5.32 Å². The Labute approximate surface area is 272 Å². The SMILES string of the molecule is CC(C)c1c(C(=O)Nc2ccccc2)c(C2C=CC=CC2)c(-c2ccc(F)cc2)n1CC[C@@H]1C[C@@H](O)CC(OC2CCCCC2)O1. The first-order valence-corrected chi connectivity index (χ1v) is 17.1. The maximum Gasteiger partial charge on any atom is 0.257 e. The molecular weight excluding hydrogens is 579 g/mol. The number of para-hydroxylation sites is 1. The highest BCUT2D eigenvalue weighted by molar-refractivity contribution is 6.08. The van der Waals surface area contributed by atoms with Gasteiger partial charge in [0.25, 0.3) is 5.91 Å². The Morgan fingerprint density at radius 2 is 1.80 bits per heavy atom. The van der Waals surface area contributed by atoms with Crippen LogP contribution in [0.15, 0.2) is 78.9 Å². The van der Waals surface area contributed by atoms with E-state index in [1.54, 1.807) is 0 Å². The second-order valence-electron chi connectivity index (χ2n) is 13.3. The van der Waals surface area contributed by atoms with Crippen LogP contribution in [-0.2, 0) is 16.0 Å². The number of allylic oxidation sites excluding steroid dienone is 4. The van der Waals surface area contributed by atoms with Gasteiger partial charge in [-0.05, 0) is 85.5 Å². The second-order valence-corrected chi connectivity index (χ2v) is 13.3. The Morgan fingerprint density at radius 1 is 1.04 bits per heavy atom. The van der Waals surface area contributed by atoms with E-state index >= 15 is 0 Å². The van der Waals surface area contributed by atoms with Crippen molar-refractivity contribution in [3.05, 3.63) is 102 Å². The molecule has 1 aliphatic heterocycles. The van der Waals surface area contributed by atoms with E-state index in [0.717, 1.165) is 47.5 Å². The number of benzene rings is 2. The Bertz CT molecular complexity index is 1520. The maximum absolute atomic E-state index is 14.3. The molecule has 0 spiro atoms. The van der Waals surface area contributed by atoms with Crippen molar-refractivity contribution in [3.63, 3.8) is 0 Å². The molecule has 2 fully saturated rings. The number of nitrogens with zero attached hydrogens (tertiary/aromatic N) is 1. The topological polar surface area (TPSA) is 72.7 Å². The molecule has 0 bridgehead atoms. The third-order valence-corrected chi connectivity index (χ3v) is 9.53. The second kappa shape index (κ2) is 14.9. The van der Waals surface area contributed by atoms with Crippen LogP contribution in [0, 0.1) is 5.82 Å². The van der Waals surface area contributed by atoms with Crippen LogP contribution in [0.2, 0.25) is 0 Å². The Hall–Kier alpha value is -3.52. The van der Waals surface area contributed by atoms with E-state index in [0.29, 0.717) is 31.4 Å². The van der Waals surface area contributed by atoms with Crippen molar-refractivity contribution in [2.75, 3.05) is 5.32 Å². The highest BCUT2D eigenvalue weighted by Gasteiger charge is 2.35. The highest BCUT2D eigenvalue weighted by Crippen LogP contribution is 2.43. The van der Waals surface area contributed by atoms with Gasteiger partial charge in [-0.2, -0.15) is 0 Å². The summed E-state index contributed by atoms with van der Waals surface area (Å²) < 4.78 is 29.3. The third-order valence-electron chi connectivity index (χ3n) is 9.53. The molecule has 1 aromatic heterocycles. The minimum Gasteiger partial charge on any atom is -0.393 e. The first-order valence-electron chi connectivity index (χ1n) is 17.1. The lowest BCUT2D eigenvalue weighted by Crippen LogP contribution is -2.39. The number of halogens is 1. The summed E-state index contributed by atoms with van der Waals surface area (Å²) in [6.07, 6.45) is 15.6. The number of carbonyl (C=O) groups excluding carboxylic acids is 1. The van der Waals surface area contributed by atoms with Gasteiger partial charge in [0.15, 0.2) is 6.29 Å². The number of aliphatic hydroxyl groups excluding tert-OH is 1. The van der Waals surface area contributed by atoms with E-state index in [1.807, 2.05) is 54.6 Å². The summed E-state index contributed by atoms with van der Waals surface area (Å²) >= 11 is 0. The van der Waals surface area contributed by atoms with Crippen molar-refractivity contribution in [1.82, 2.24) is 4.57 Å². The number of anilines is 1. The van der Waals surface area contributed by atoms with Gasteiger partial charge < -0.3 is 24.5 Å². The van der Waals surface area contributed by atoms with Crippen molar-refractivity contribution in [2.45, 2.75) is 115 Å². The summed E-state index contributed by atoms with van der Waals surface area (Å²) in [5.41, 5.74) is 5.09.